The van der Waals surface area contributed by atoms with Gasteiger partial charge in [-0.25, -0.2) is 9.97 Å². The van der Waals surface area contributed by atoms with Gasteiger partial charge in [-0.05, 0) is 12.0 Å². The molecule has 0 aliphatic heterocycles. The van der Waals surface area contributed by atoms with Crippen LogP contribution in [0, 0.1) is 5.92 Å². The van der Waals surface area contributed by atoms with E-state index in [1.807, 2.05) is 13.8 Å². The predicted molar refractivity (Wildman–Crippen MR) is 74.0 cm³/mol. The Balaban J connectivity index is 2.26. The summed E-state index contributed by atoms with van der Waals surface area (Å²) in [7, 11) is 0. The van der Waals surface area contributed by atoms with Gasteiger partial charge in [0, 0.05) is 18.6 Å². The van der Waals surface area contributed by atoms with Crippen molar-refractivity contribution in [3.05, 3.63) is 41.1 Å². The Morgan fingerprint density at radius 2 is 2.00 bits per heavy atom. The van der Waals surface area contributed by atoms with Crippen LogP contribution in [0.5, 0.6) is 0 Å². The topological polar surface area (TPSA) is 53.6 Å². The molecule has 0 aliphatic rings. The lowest BCUT2D eigenvalue weighted by molar-refractivity contribution is -0.137. The molecule has 0 bridgehead atoms. The molecule has 0 saturated heterocycles. The first-order valence-corrected chi connectivity index (χ1v) is 6.65. The van der Waals surface area contributed by atoms with Crippen LogP contribution in [0.4, 0.5) is 19.0 Å². The number of alkyl halides is 3. The minimum atomic E-state index is -4.46. The lowest BCUT2D eigenvalue weighted by Gasteiger charge is -2.21. The zero-order valence-corrected chi connectivity index (χ0v) is 12.1. The van der Waals surface area contributed by atoms with Crippen molar-refractivity contribution in [1.82, 2.24) is 15.0 Å². The van der Waals surface area contributed by atoms with Gasteiger partial charge in [0.2, 0.25) is 0 Å². The molecular weight excluding hydrogens is 305 g/mol. The van der Waals surface area contributed by atoms with E-state index in [1.54, 1.807) is 12.4 Å². The number of hydrogen-bond donors (Lipinski definition) is 2. The van der Waals surface area contributed by atoms with Crippen LogP contribution in [-0.2, 0) is 6.18 Å². The second kappa shape index (κ2) is 5.93. The molecule has 0 radical (unpaired) electrons. The van der Waals surface area contributed by atoms with E-state index in [-0.39, 0.29) is 22.8 Å². The number of nitrogens with zero attached hydrogens (tertiary/aromatic N) is 2. The fraction of sp³-hybridized carbons (Fsp3) is 0.385. The first kappa shape index (κ1) is 15.6. The third kappa shape index (κ3) is 3.66. The van der Waals surface area contributed by atoms with E-state index in [0.29, 0.717) is 5.82 Å². The van der Waals surface area contributed by atoms with Crippen molar-refractivity contribution in [3.63, 3.8) is 0 Å². The van der Waals surface area contributed by atoms with Crippen molar-refractivity contribution in [2.45, 2.75) is 26.1 Å². The van der Waals surface area contributed by atoms with Crippen molar-refractivity contribution in [3.8, 4) is 0 Å². The fourth-order valence-corrected chi connectivity index (χ4v) is 2.07. The van der Waals surface area contributed by atoms with E-state index in [9.17, 15) is 13.2 Å². The third-order valence-electron chi connectivity index (χ3n) is 2.94. The highest BCUT2D eigenvalue weighted by molar-refractivity contribution is 6.33. The first-order chi connectivity index (χ1) is 9.79. The monoisotopic (exact) mass is 318 g/mol. The highest BCUT2D eigenvalue weighted by Gasteiger charge is 2.32. The van der Waals surface area contributed by atoms with E-state index in [4.69, 9.17) is 11.6 Å². The number of aromatic nitrogens is 3. The van der Waals surface area contributed by atoms with E-state index < -0.39 is 11.7 Å². The molecule has 114 valence electrons. The molecule has 2 N–H and O–H groups in total. The number of halogens is 4. The molecule has 0 aromatic carbocycles. The maximum absolute atomic E-state index is 12.6. The van der Waals surface area contributed by atoms with Gasteiger partial charge in [-0.15, -0.1) is 0 Å². The van der Waals surface area contributed by atoms with Crippen molar-refractivity contribution in [2.75, 3.05) is 5.32 Å². The van der Waals surface area contributed by atoms with Gasteiger partial charge in [-0.1, -0.05) is 25.4 Å². The SMILES string of the molecule is CC(C)[C@@H](Nc1ncc(C(F)(F)F)cc1Cl)c1ncc[nH]1. The standard InChI is InChI=1S/C13H14ClF3N4/c1-7(2)10(12-18-3-4-19-12)21-11-9(14)5-8(6-20-11)13(15,16)17/h3-7,10H,1-2H3,(H,18,19)(H,20,21)/t10-/m1/s1. The van der Waals surface area contributed by atoms with Gasteiger partial charge >= 0.3 is 6.18 Å². The van der Waals surface area contributed by atoms with E-state index in [1.165, 1.54) is 0 Å². The number of H-pyrrole nitrogens is 1. The summed E-state index contributed by atoms with van der Waals surface area (Å²) in [5, 5.41) is 2.94. The molecule has 1 atom stereocenters. The average Bonchev–Trinajstić information content (AvgIpc) is 2.89. The Labute approximate surface area is 124 Å². The molecule has 2 heterocycles. The van der Waals surface area contributed by atoms with Crippen molar-refractivity contribution < 1.29 is 13.2 Å². The smallest absolute Gasteiger partial charge is 0.359 e. The Bertz CT molecular complexity index is 596. The molecule has 0 spiro atoms. The molecule has 2 aromatic heterocycles. The summed E-state index contributed by atoms with van der Waals surface area (Å²) >= 11 is 5.89. The molecule has 0 amide bonds. The zero-order chi connectivity index (χ0) is 15.6. The van der Waals surface area contributed by atoms with Gasteiger partial charge in [-0.3, -0.25) is 0 Å². The Hall–Kier alpha value is -1.76. The predicted octanol–water partition coefficient (Wildman–Crippen LogP) is 4.29. The Kier molecular flexibility index (Phi) is 4.41. The maximum atomic E-state index is 12.6. The lowest BCUT2D eigenvalue weighted by atomic mass is 10.0. The summed E-state index contributed by atoms with van der Waals surface area (Å²) in [5.74, 6) is 0.999. The van der Waals surface area contributed by atoms with Crippen molar-refractivity contribution >= 4 is 17.4 Å². The molecule has 21 heavy (non-hydrogen) atoms. The molecule has 0 unspecified atom stereocenters. The van der Waals surface area contributed by atoms with Crippen LogP contribution in [0.15, 0.2) is 24.7 Å². The largest absolute Gasteiger partial charge is 0.417 e. The van der Waals surface area contributed by atoms with Crippen LogP contribution in [-0.4, -0.2) is 15.0 Å². The van der Waals surface area contributed by atoms with Crippen LogP contribution >= 0.6 is 11.6 Å². The second-order valence-corrected chi connectivity index (χ2v) is 5.30. The third-order valence-corrected chi connectivity index (χ3v) is 3.23. The normalized spacial score (nSPS) is 13.5. The molecule has 2 aromatic rings. The van der Waals surface area contributed by atoms with Crippen LogP contribution in [0.25, 0.3) is 0 Å². The van der Waals surface area contributed by atoms with Gasteiger partial charge < -0.3 is 10.3 Å². The quantitative estimate of drug-likeness (QED) is 0.884. The Morgan fingerprint density at radius 1 is 1.29 bits per heavy atom. The summed E-state index contributed by atoms with van der Waals surface area (Å²) in [6, 6.07) is 0.623. The van der Waals surface area contributed by atoms with Crippen LogP contribution in [0.3, 0.4) is 0 Å². The number of hydrogen-bond acceptors (Lipinski definition) is 3. The van der Waals surface area contributed by atoms with Crippen LogP contribution in [0.1, 0.15) is 31.3 Å². The molecule has 0 saturated carbocycles. The van der Waals surface area contributed by atoms with Crippen molar-refractivity contribution in [1.29, 1.82) is 0 Å². The highest BCUT2D eigenvalue weighted by atomic mass is 35.5. The molecular formula is C13H14ClF3N4. The number of rotatable bonds is 4. The number of pyridine rings is 1. The minimum absolute atomic E-state index is 0.0815. The van der Waals surface area contributed by atoms with E-state index in [2.05, 4.69) is 20.3 Å². The van der Waals surface area contributed by atoms with Crippen molar-refractivity contribution in [2.24, 2.45) is 5.92 Å². The first-order valence-electron chi connectivity index (χ1n) is 6.27. The second-order valence-electron chi connectivity index (χ2n) is 4.89. The number of anilines is 1. The molecule has 8 heteroatoms. The maximum Gasteiger partial charge on any atom is 0.417 e. The zero-order valence-electron chi connectivity index (χ0n) is 11.4. The number of imidazole rings is 1. The lowest BCUT2D eigenvalue weighted by Crippen LogP contribution is -2.19. The van der Waals surface area contributed by atoms with E-state index in [0.717, 1.165) is 12.3 Å². The van der Waals surface area contributed by atoms with Gasteiger partial charge in [0.25, 0.3) is 0 Å². The summed E-state index contributed by atoms with van der Waals surface area (Å²) in [6.45, 7) is 3.91. The summed E-state index contributed by atoms with van der Waals surface area (Å²) in [6.07, 6.45) is -0.427. The van der Waals surface area contributed by atoms with Gasteiger partial charge in [-0.2, -0.15) is 13.2 Å². The fourth-order valence-electron chi connectivity index (χ4n) is 1.84. The molecule has 0 aliphatic carbocycles. The highest BCUT2D eigenvalue weighted by Crippen LogP contribution is 2.34. The summed E-state index contributed by atoms with van der Waals surface area (Å²) < 4.78 is 37.7. The molecule has 2 rings (SSSR count). The molecule has 0 fully saturated rings. The van der Waals surface area contributed by atoms with Gasteiger partial charge in [0.15, 0.2) is 0 Å². The summed E-state index contributed by atoms with van der Waals surface area (Å²) in [5.41, 5.74) is -0.878. The van der Waals surface area contributed by atoms with Gasteiger partial charge in [0.05, 0.1) is 16.6 Å². The number of nitrogens with one attached hydrogen (secondary N) is 2. The van der Waals surface area contributed by atoms with Crippen LogP contribution < -0.4 is 5.32 Å². The Morgan fingerprint density at radius 3 is 2.48 bits per heavy atom. The van der Waals surface area contributed by atoms with Crippen LogP contribution in [0.2, 0.25) is 5.02 Å². The van der Waals surface area contributed by atoms with E-state index >= 15 is 0 Å². The minimum Gasteiger partial charge on any atom is -0.359 e. The number of aromatic amines is 1. The van der Waals surface area contributed by atoms with Gasteiger partial charge in [0.1, 0.15) is 11.6 Å². The molecule has 4 nitrogen and oxygen atoms in total. The summed E-state index contributed by atoms with van der Waals surface area (Å²) in [4.78, 5) is 10.9. The average molecular weight is 319 g/mol.